The van der Waals surface area contributed by atoms with Gasteiger partial charge in [0.05, 0.1) is 17.2 Å². The molecule has 0 atom stereocenters. The Bertz CT molecular complexity index is 1290. The fourth-order valence-corrected chi connectivity index (χ4v) is 4.77. The van der Waals surface area contributed by atoms with Gasteiger partial charge in [-0.05, 0) is 68.0 Å². The molecule has 1 N–H and O–H groups in total. The second-order valence-electron chi connectivity index (χ2n) is 7.69. The predicted octanol–water partition coefficient (Wildman–Crippen LogP) is 5.82. The van der Waals surface area contributed by atoms with Crippen molar-refractivity contribution >= 4 is 57.6 Å². The summed E-state index contributed by atoms with van der Waals surface area (Å²) >= 11 is 6.70. The van der Waals surface area contributed by atoms with E-state index in [-0.39, 0.29) is 18.4 Å². The van der Waals surface area contributed by atoms with Crippen LogP contribution in [0, 0.1) is 6.92 Å². The van der Waals surface area contributed by atoms with Crippen LogP contribution in [0.25, 0.3) is 6.08 Å². The van der Waals surface area contributed by atoms with Gasteiger partial charge in [0, 0.05) is 11.3 Å². The molecule has 178 valence electrons. The van der Waals surface area contributed by atoms with E-state index in [0.717, 1.165) is 11.3 Å². The van der Waals surface area contributed by atoms with Crippen LogP contribution < -0.4 is 19.7 Å². The number of hydrogen-bond donors (Lipinski definition) is 1. The molecule has 0 aromatic heterocycles. The summed E-state index contributed by atoms with van der Waals surface area (Å²) in [6.07, 6.45) is 1.74. The summed E-state index contributed by atoms with van der Waals surface area (Å²) in [5.74, 6) is 0.747. The number of thiocarbonyl (C=S) groups is 1. The van der Waals surface area contributed by atoms with Crippen molar-refractivity contribution in [3.63, 3.8) is 0 Å². The highest BCUT2D eigenvalue weighted by molar-refractivity contribution is 8.27. The van der Waals surface area contributed by atoms with Crippen molar-refractivity contribution in [1.82, 2.24) is 0 Å². The molecule has 35 heavy (non-hydrogen) atoms. The summed E-state index contributed by atoms with van der Waals surface area (Å²) in [6, 6.07) is 22.0. The van der Waals surface area contributed by atoms with E-state index < -0.39 is 0 Å². The van der Waals surface area contributed by atoms with E-state index in [1.165, 1.54) is 16.7 Å². The van der Waals surface area contributed by atoms with Gasteiger partial charge in [0.2, 0.25) is 0 Å². The van der Waals surface area contributed by atoms with E-state index in [2.05, 4.69) is 5.32 Å². The maximum absolute atomic E-state index is 13.2. The van der Waals surface area contributed by atoms with Crippen molar-refractivity contribution in [2.75, 3.05) is 23.4 Å². The first-order chi connectivity index (χ1) is 16.9. The number of thioether (sulfide) groups is 1. The van der Waals surface area contributed by atoms with E-state index in [4.69, 9.17) is 21.7 Å². The molecule has 8 heteroatoms. The second-order valence-corrected chi connectivity index (χ2v) is 9.36. The number of aryl methyl sites for hydroxylation is 1. The number of carbonyl (C=O) groups is 2. The van der Waals surface area contributed by atoms with Crippen LogP contribution >= 0.6 is 24.0 Å². The number of anilines is 2. The lowest BCUT2D eigenvalue weighted by molar-refractivity contribution is -0.118. The fraction of sp³-hybridized carbons (Fsp3) is 0.148. The molecule has 0 aliphatic carbocycles. The molecule has 0 saturated carbocycles. The van der Waals surface area contributed by atoms with Crippen molar-refractivity contribution in [1.29, 1.82) is 0 Å². The van der Waals surface area contributed by atoms with Crippen LogP contribution in [-0.4, -0.2) is 29.3 Å². The second kappa shape index (κ2) is 11.2. The fourth-order valence-electron chi connectivity index (χ4n) is 3.48. The maximum atomic E-state index is 13.2. The minimum absolute atomic E-state index is 0.161. The van der Waals surface area contributed by atoms with Crippen LogP contribution in [0.1, 0.15) is 18.1 Å². The Morgan fingerprint density at radius 2 is 1.83 bits per heavy atom. The van der Waals surface area contributed by atoms with Crippen molar-refractivity contribution in [2.24, 2.45) is 0 Å². The van der Waals surface area contributed by atoms with E-state index >= 15 is 0 Å². The number of amides is 2. The predicted molar refractivity (Wildman–Crippen MR) is 145 cm³/mol. The van der Waals surface area contributed by atoms with Gasteiger partial charge in [0.1, 0.15) is 11.5 Å². The zero-order chi connectivity index (χ0) is 24.8. The van der Waals surface area contributed by atoms with Gasteiger partial charge in [0.15, 0.2) is 10.9 Å². The van der Waals surface area contributed by atoms with Gasteiger partial charge < -0.3 is 14.8 Å². The highest BCUT2D eigenvalue weighted by Crippen LogP contribution is 2.37. The number of ether oxygens (including phenoxy) is 2. The van der Waals surface area contributed by atoms with Crippen LogP contribution in [-0.2, 0) is 9.59 Å². The topological polar surface area (TPSA) is 67.9 Å². The Kier molecular flexibility index (Phi) is 7.84. The first-order valence-electron chi connectivity index (χ1n) is 11.0. The number of rotatable bonds is 8. The molecule has 3 aromatic carbocycles. The van der Waals surface area contributed by atoms with Crippen molar-refractivity contribution in [3.8, 4) is 11.5 Å². The standard InChI is InChI=1S/C27H24N2O4S2/c1-3-32-22-13-11-21(12-14-22)29-26(31)24(35-27(29)34)16-19-8-4-5-10-23(19)33-17-25(30)28-20-9-6-7-18(2)15-20/h4-16H,3,17H2,1-2H3,(H,28,30)/b24-16-. The van der Waals surface area contributed by atoms with E-state index in [9.17, 15) is 9.59 Å². The van der Waals surface area contributed by atoms with Crippen LogP contribution in [0.15, 0.2) is 77.7 Å². The van der Waals surface area contributed by atoms with Gasteiger partial charge in [-0.25, -0.2) is 0 Å². The average Bonchev–Trinajstić information content (AvgIpc) is 3.12. The van der Waals surface area contributed by atoms with Crippen LogP contribution in [0.4, 0.5) is 11.4 Å². The van der Waals surface area contributed by atoms with Gasteiger partial charge in [0.25, 0.3) is 11.8 Å². The molecule has 0 radical (unpaired) electrons. The summed E-state index contributed by atoms with van der Waals surface area (Å²) in [5.41, 5.74) is 3.13. The molecule has 2 amide bonds. The largest absolute Gasteiger partial charge is 0.494 e. The Balaban J connectivity index is 1.46. The van der Waals surface area contributed by atoms with E-state index in [1.807, 2.05) is 80.6 Å². The van der Waals surface area contributed by atoms with Gasteiger partial charge >= 0.3 is 0 Å². The smallest absolute Gasteiger partial charge is 0.270 e. The summed E-state index contributed by atoms with van der Waals surface area (Å²) in [5, 5.41) is 2.82. The third-order valence-corrected chi connectivity index (χ3v) is 6.37. The minimum atomic E-state index is -0.271. The molecular formula is C27H24N2O4S2. The highest BCUT2D eigenvalue weighted by Gasteiger charge is 2.33. The molecule has 4 rings (SSSR count). The molecule has 1 fully saturated rings. The van der Waals surface area contributed by atoms with Gasteiger partial charge in [-0.15, -0.1) is 0 Å². The molecule has 1 saturated heterocycles. The van der Waals surface area contributed by atoms with Gasteiger partial charge in [-0.3, -0.25) is 14.5 Å². The summed E-state index contributed by atoms with van der Waals surface area (Å²) in [7, 11) is 0. The normalized spacial score (nSPS) is 14.3. The van der Waals surface area contributed by atoms with Crippen LogP contribution in [0.2, 0.25) is 0 Å². The summed E-state index contributed by atoms with van der Waals surface area (Å²) in [6.45, 7) is 4.28. The Labute approximate surface area is 213 Å². The third kappa shape index (κ3) is 6.09. The average molecular weight is 505 g/mol. The first kappa shape index (κ1) is 24.5. The monoisotopic (exact) mass is 504 g/mol. The van der Waals surface area contributed by atoms with E-state index in [1.54, 1.807) is 12.1 Å². The molecule has 1 aliphatic heterocycles. The number of nitrogens with zero attached hydrogens (tertiary/aromatic N) is 1. The molecule has 0 unspecified atom stereocenters. The Morgan fingerprint density at radius 3 is 2.57 bits per heavy atom. The minimum Gasteiger partial charge on any atom is -0.494 e. The van der Waals surface area contributed by atoms with E-state index in [0.29, 0.717) is 38.5 Å². The molecule has 0 spiro atoms. The SMILES string of the molecule is CCOc1ccc(N2C(=O)/C(=C/c3ccccc3OCC(=O)Nc3cccc(C)c3)SC2=S)cc1. The van der Waals surface area contributed by atoms with Crippen LogP contribution in [0.3, 0.4) is 0 Å². The molecule has 3 aromatic rings. The van der Waals surface area contributed by atoms with Gasteiger partial charge in [-0.2, -0.15) is 0 Å². The third-order valence-electron chi connectivity index (χ3n) is 5.07. The molecule has 1 aliphatic rings. The summed E-state index contributed by atoms with van der Waals surface area (Å²) in [4.78, 5) is 27.5. The number of benzene rings is 3. The van der Waals surface area contributed by atoms with Gasteiger partial charge in [-0.1, -0.05) is 54.3 Å². The number of carbonyl (C=O) groups excluding carboxylic acids is 2. The zero-order valence-corrected chi connectivity index (χ0v) is 20.9. The summed E-state index contributed by atoms with van der Waals surface area (Å²) < 4.78 is 11.7. The van der Waals surface area contributed by atoms with Crippen LogP contribution in [0.5, 0.6) is 11.5 Å². The number of hydrogen-bond acceptors (Lipinski definition) is 6. The molecule has 1 heterocycles. The van der Waals surface area contributed by atoms with Crippen molar-refractivity contribution < 1.29 is 19.1 Å². The first-order valence-corrected chi connectivity index (χ1v) is 12.3. The maximum Gasteiger partial charge on any atom is 0.270 e. The van der Waals surface area contributed by atoms with Crippen molar-refractivity contribution in [2.45, 2.75) is 13.8 Å². The number of nitrogens with one attached hydrogen (secondary N) is 1. The quantitative estimate of drug-likeness (QED) is 0.308. The highest BCUT2D eigenvalue weighted by atomic mass is 32.2. The molecular weight excluding hydrogens is 480 g/mol. The Hall–Kier alpha value is -3.62. The molecule has 0 bridgehead atoms. The zero-order valence-electron chi connectivity index (χ0n) is 19.3. The lowest BCUT2D eigenvalue weighted by atomic mass is 10.2. The molecule has 6 nitrogen and oxygen atoms in total. The van der Waals surface area contributed by atoms with Crippen molar-refractivity contribution in [3.05, 3.63) is 88.8 Å². The lowest BCUT2D eigenvalue weighted by Crippen LogP contribution is -2.27. The number of para-hydroxylation sites is 1. The lowest BCUT2D eigenvalue weighted by Gasteiger charge is -2.15. The Morgan fingerprint density at radius 1 is 1.06 bits per heavy atom.